The van der Waals surface area contributed by atoms with Gasteiger partial charge in [0.1, 0.15) is 0 Å². The summed E-state index contributed by atoms with van der Waals surface area (Å²) in [5.41, 5.74) is 0. The van der Waals surface area contributed by atoms with E-state index in [0.717, 1.165) is 0 Å². The summed E-state index contributed by atoms with van der Waals surface area (Å²) < 4.78 is 4.22. The molecule has 0 unspecified atom stereocenters. The number of hydrogen-bond donors (Lipinski definition) is 0. The van der Waals surface area contributed by atoms with Crippen molar-refractivity contribution in [3.8, 4) is 0 Å². The Hall–Kier alpha value is -0.323. The van der Waals surface area contributed by atoms with E-state index >= 15 is 0 Å². The number of esters is 1. The molecule has 0 aliphatic rings. The van der Waals surface area contributed by atoms with E-state index in [1.54, 1.807) is 0 Å². The average molecular weight is 106 g/mol. The van der Waals surface area contributed by atoms with Crippen LogP contribution in [0.15, 0.2) is 12.2 Å². The van der Waals surface area contributed by atoms with Crippen molar-refractivity contribution in [2.75, 3.05) is 7.11 Å². The van der Waals surface area contributed by atoms with Gasteiger partial charge in [-0.3, -0.25) is 4.79 Å². The minimum absolute atomic E-state index is 0. The van der Waals surface area contributed by atoms with Crippen LogP contribution in [0.3, 0.4) is 0 Å². The van der Waals surface area contributed by atoms with Crippen molar-refractivity contribution >= 4 is 5.97 Å². The van der Waals surface area contributed by atoms with Gasteiger partial charge in [-0.1, -0.05) is 0 Å². The second-order valence-corrected chi connectivity index (χ2v) is 0.926. The number of methoxy groups -OCH3 is 1. The Morgan fingerprint density at radius 3 is 2.38 bits per heavy atom. The van der Waals surface area contributed by atoms with Gasteiger partial charge < -0.3 is 4.74 Å². The topological polar surface area (TPSA) is 26.3 Å². The minimum Gasteiger partial charge on any atom is -0.479 e. The van der Waals surface area contributed by atoms with Crippen LogP contribution in [0.1, 0.15) is 0 Å². The van der Waals surface area contributed by atoms with Crippen LogP contribution in [0.4, 0.5) is 0 Å². The molecular weight excluding hydrogens is 99.0 g/mol. The van der Waals surface area contributed by atoms with Gasteiger partial charge in [0.05, 0.1) is 7.11 Å². The Labute approximate surface area is 61.1 Å². The van der Waals surface area contributed by atoms with E-state index in [9.17, 15) is 4.79 Å². The van der Waals surface area contributed by atoms with Crippen LogP contribution in [0, 0.1) is 6.92 Å². The largest absolute Gasteiger partial charge is 1.00 e. The van der Waals surface area contributed by atoms with Gasteiger partial charge in [0.15, 0.2) is 0 Å². The molecule has 0 aromatic heterocycles. The summed E-state index contributed by atoms with van der Waals surface area (Å²) in [6.45, 7) is 3.29. The SMILES string of the molecule is [CH2-]/C=C/C(=O)OC.[Li+]. The fourth-order valence-electron chi connectivity index (χ4n) is 0.164. The van der Waals surface area contributed by atoms with Gasteiger partial charge in [-0.25, -0.2) is 13.0 Å². The van der Waals surface area contributed by atoms with Crippen molar-refractivity contribution in [1.82, 2.24) is 0 Å². The number of ether oxygens (including phenoxy) is 1. The standard InChI is InChI=1S/C5H7O2.Li/c1-3-4-5(6)7-2;/h3-4H,1H2,2H3;/q-1;+1/b4-3+;. The zero-order valence-electron chi connectivity index (χ0n) is 5.18. The average Bonchev–Trinajstić information content (AvgIpc) is 1.68. The van der Waals surface area contributed by atoms with E-state index in [-0.39, 0.29) is 24.8 Å². The Morgan fingerprint density at radius 1 is 1.75 bits per heavy atom. The molecule has 0 aromatic rings. The van der Waals surface area contributed by atoms with Gasteiger partial charge in [-0.15, -0.1) is 6.08 Å². The van der Waals surface area contributed by atoms with Crippen LogP contribution in [0.2, 0.25) is 0 Å². The molecule has 0 saturated carbocycles. The van der Waals surface area contributed by atoms with E-state index in [4.69, 9.17) is 0 Å². The van der Waals surface area contributed by atoms with Crippen LogP contribution < -0.4 is 18.9 Å². The van der Waals surface area contributed by atoms with Crippen LogP contribution in [-0.4, -0.2) is 13.1 Å². The molecule has 3 heteroatoms. The second kappa shape index (κ2) is 6.68. The third-order valence-corrected chi connectivity index (χ3v) is 0.455. The molecular formula is C5H7LiO2. The van der Waals surface area contributed by atoms with E-state index < -0.39 is 0 Å². The van der Waals surface area contributed by atoms with Gasteiger partial charge in [-0.05, 0) is 0 Å². The molecule has 0 amide bonds. The molecule has 0 radical (unpaired) electrons. The summed E-state index contributed by atoms with van der Waals surface area (Å²) in [5.74, 6) is -0.366. The Kier molecular flexibility index (Phi) is 8.86. The molecule has 0 aliphatic carbocycles. The predicted molar refractivity (Wildman–Crippen MR) is 26.5 cm³/mol. The number of allylic oxidation sites excluding steroid dienone is 1. The fourth-order valence-corrected chi connectivity index (χ4v) is 0.164. The molecule has 0 fully saturated rings. The van der Waals surface area contributed by atoms with Gasteiger partial charge in [-0.2, -0.15) is 0 Å². The van der Waals surface area contributed by atoms with Crippen molar-refractivity contribution in [3.63, 3.8) is 0 Å². The minimum atomic E-state index is -0.366. The normalized spacial score (nSPS) is 8.12. The third kappa shape index (κ3) is 5.68. The predicted octanol–water partition coefficient (Wildman–Crippen LogP) is -2.45. The van der Waals surface area contributed by atoms with Crippen molar-refractivity contribution in [2.45, 2.75) is 0 Å². The summed E-state index contributed by atoms with van der Waals surface area (Å²) in [6.07, 6.45) is 2.63. The first kappa shape index (κ1) is 10.6. The molecule has 2 nitrogen and oxygen atoms in total. The van der Waals surface area contributed by atoms with Crippen molar-refractivity contribution in [1.29, 1.82) is 0 Å². The molecule has 8 heavy (non-hydrogen) atoms. The maximum Gasteiger partial charge on any atom is 1.00 e. The number of carbonyl (C=O) groups is 1. The van der Waals surface area contributed by atoms with Crippen LogP contribution in [0.5, 0.6) is 0 Å². The van der Waals surface area contributed by atoms with Gasteiger partial charge in [0.2, 0.25) is 5.97 Å². The number of rotatable bonds is 1. The van der Waals surface area contributed by atoms with Gasteiger partial charge >= 0.3 is 18.9 Å². The molecule has 0 heterocycles. The van der Waals surface area contributed by atoms with Crippen molar-refractivity contribution in [2.24, 2.45) is 0 Å². The monoisotopic (exact) mass is 106 g/mol. The molecule has 0 saturated heterocycles. The van der Waals surface area contributed by atoms with Crippen LogP contribution in [-0.2, 0) is 9.53 Å². The molecule has 0 bridgehead atoms. The molecule has 0 rings (SSSR count). The van der Waals surface area contributed by atoms with Crippen molar-refractivity contribution < 1.29 is 28.4 Å². The van der Waals surface area contributed by atoms with Gasteiger partial charge in [0.25, 0.3) is 0 Å². The summed E-state index contributed by atoms with van der Waals surface area (Å²) >= 11 is 0. The molecule has 0 aromatic carbocycles. The van der Waals surface area contributed by atoms with E-state index in [2.05, 4.69) is 11.7 Å². The molecule has 0 atom stereocenters. The molecule has 0 N–H and O–H groups in total. The van der Waals surface area contributed by atoms with Gasteiger partial charge in [0, 0.05) is 0 Å². The van der Waals surface area contributed by atoms with E-state index in [0.29, 0.717) is 0 Å². The Bertz CT molecular complexity index is 88.4. The summed E-state index contributed by atoms with van der Waals surface area (Å²) in [5, 5.41) is 0. The smallest absolute Gasteiger partial charge is 0.479 e. The maximum absolute atomic E-state index is 10.1. The Morgan fingerprint density at radius 2 is 2.25 bits per heavy atom. The first-order chi connectivity index (χ1) is 3.31. The quantitative estimate of drug-likeness (QED) is 0.160. The van der Waals surface area contributed by atoms with E-state index in [1.807, 2.05) is 0 Å². The first-order valence-electron chi connectivity index (χ1n) is 1.85. The van der Waals surface area contributed by atoms with Crippen molar-refractivity contribution in [3.05, 3.63) is 19.1 Å². The zero-order valence-corrected chi connectivity index (χ0v) is 5.18. The molecule has 0 aliphatic heterocycles. The maximum atomic E-state index is 10.1. The molecule has 0 spiro atoms. The first-order valence-corrected chi connectivity index (χ1v) is 1.85. The number of hydrogen-bond acceptors (Lipinski definition) is 2. The van der Waals surface area contributed by atoms with Crippen LogP contribution >= 0.6 is 0 Å². The second-order valence-electron chi connectivity index (χ2n) is 0.926. The summed E-state index contributed by atoms with van der Waals surface area (Å²) in [4.78, 5) is 10.1. The fraction of sp³-hybridized carbons (Fsp3) is 0.200. The van der Waals surface area contributed by atoms with Crippen LogP contribution in [0.25, 0.3) is 0 Å². The number of carbonyl (C=O) groups excluding carboxylic acids is 1. The zero-order chi connectivity index (χ0) is 5.70. The van der Waals surface area contributed by atoms with E-state index in [1.165, 1.54) is 19.3 Å². The Balaban J connectivity index is 0. The summed E-state index contributed by atoms with van der Waals surface area (Å²) in [6, 6.07) is 0. The third-order valence-electron chi connectivity index (χ3n) is 0.455. The molecule has 40 valence electrons. The summed E-state index contributed by atoms with van der Waals surface area (Å²) in [7, 11) is 1.32.